The van der Waals surface area contributed by atoms with Gasteiger partial charge < -0.3 is 14.8 Å². The molecule has 1 aromatic carbocycles. The number of anilines is 1. The highest BCUT2D eigenvalue weighted by Crippen LogP contribution is 2.37. The highest BCUT2D eigenvalue weighted by atomic mass is 32.2. The maximum Gasteiger partial charge on any atom is 0.162 e. The van der Waals surface area contributed by atoms with Gasteiger partial charge in [0.15, 0.2) is 11.5 Å². The van der Waals surface area contributed by atoms with Crippen LogP contribution in [0.4, 0.5) is 5.82 Å². The van der Waals surface area contributed by atoms with Crippen molar-refractivity contribution in [3.05, 3.63) is 29.6 Å². The molecular weight excluding hydrogens is 286 g/mol. The maximum atomic E-state index is 5.62. The molecule has 5 nitrogen and oxygen atoms in total. The minimum atomic E-state index is 0.594. The molecule has 6 heteroatoms. The van der Waals surface area contributed by atoms with Gasteiger partial charge in [-0.25, -0.2) is 9.97 Å². The molecule has 0 fully saturated rings. The second-order valence-electron chi connectivity index (χ2n) is 4.71. The Morgan fingerprint density at radius 3 is 2.62 bits per heavy atom. The number of hydrogen-bond donors (Lipinski definition) is 1. The van der Waals surface area contributed by atoms with Crippen LogP contribution in [-0.4, -0.2) is 30.2 Å². The van der Waals surface area contributed by atoms with Gasteiger partial charge in [0.25, 0.3) is 0 Å². The summed E-state index contributed by atoms with van der Waals surface area (Å²) in [6.45, 7) is 5.12. The Hall–Kier alpha value is -1.95. The summed E-state index contributed by atoms with van der Waals surface area (Å²) in [6.07, 6.45) is 0. The van der Waals surface area contributed by atoms with Gasteiger partial charge in [-0.1, -0.05) is 11.8 Å². The number of fused-ring (bicyclic) bond motifs is 1. The van der Waals surface area contributed by atoms with Gasteiger partial charge in [0.05, 0.1) is 0 Å². The first kappa shape index (κ1) is 14.0. The topological polar surface area (TPSA) is 56.3 Å². The summed E-state index contributed by atoms with van der Waals surface area (Å²) in [7, 11) is 1.87. The van der Waals surface area contributed by atoms with E-state index in [1.165, 1.54) is 0 Å². The van der Waals surface area contributed by atoms with Crippen LogP contribution in [0.2, 0.25) is 0 Å². The van der Waals surface area contributed by atoms with E-state index in [-0.39, 0.29) is 0 Å². The van der Waals surface area contributed by atoms with Gasteiger partial charge in [0.1, 0.15) is 29.9 Å². The lowest BCUT2D eigenvalue weighted by atomic mass is 10.3. The molecule has 0 radical (unpaired) electrons. The van der Waals surface area contributed by atoms with E-state index in [4.69, 9.17) is 9.47 Å². The van der Waals surface area contributed by atoms with Gasteiger partial charge in [-0.2, -0.15) is 0 Å². The molecule has 0 aliphatic carbocycles. The van der Waals surface area contributed by atoms with E-state index in [2.05, 4.69) is 15.3 Å². The standard InChI is InChI=1S/C15H17N3O2S/c1-9-14(16-3)17-10(2)18-15(9)21-11-4-5-12-13(8-11)20-7-6-19-12/h4-5,8H,6-7H2,1-3H3,(H,16,17,18). The molecule has 2 aromatic rings. The molecule has 0 saturated carbocycles. The Morgan fingerprint density at radius 2 is 1.86 bits per heavy atom. The molecule has 0 amide bonds. The average molecular weight is 303 g/mol. The van der Waals surface area contributed by atoms with E-state index in [0.29, 0.717) is 13.2 Å². The van der Waals surface area contributed by atoms with Crippen molar-refractivity contribution in [1.29, 1.82) is 0 Å². The largest absolute Gasteiger partial charge is 0.486 e. The Kier molecular flexibility index (Phi) is 3.88. The summed E-state index contributed by atoms with van der Waals surface area (Å²) in [5.41, 5.74) is 1.04. The number of aromatic nitrogens is 2. The fourth-order valence-corrected chi connectivity index (χ4v) is 3.10. The highest BCUT2D eigenvalue weighted by molar-refractivity contribution is 7.99. The summed E-state index contributed by atoms with van der Waals surface area (Å²) in [5.74, 6) is 3.22. The number of ether oxygens (including phenoxy) is 2. The van der Waals surface area contributed by atoms with Crippen molar-refractivity contribution in [3.8, 4) is 11.5 Å². The number of benzene rings is 1. The summed E-state index contributed by atoms with van der Waals surface area (Å²) < 4.78 is 11.2. The lowest BCUT2D eigenvalue weighted by Crippen LogP contribution is -2.15. The van der Waals surface area contributed by atoms with Gasteiger partial charge in [-0.15, -0.1) is 0 Å². The molecule has 1 aliphatic heterocycles. The van der Waals surface area contributed by atoms with Crippen molar-refractivity contribution in [3.63, 3.8) is 0 Å². The van der Waals surface area contributed by atoms with E-state index in [1.807, 2.05) is 39.1 Å². The van der Waals surface area contributed by atoms with Gasteiger partial charge in [-0.3, -0.25) is 0 Å². The van der Waals surface area contributed by atoms with Crippen molar-refractivity contribution in [2.45, 2.75) is 23.8 Å². The minimum Gasteiger partial charge on any atom is -0.486 e. The summed E-state index contributed by atoms with van der Waals surface area (Å²) in [5, 5.41) is 4.05. The van der Waals surface area contributed by atoms with Crippen LogP contribution in [0.25, 0.3) is 0 Å². The number of nitrogens with one attached hydrogen (secondary N) is 1. The maximum absolute atomic E-state index is 5.62. The molecule has 0 atom stereocenters. The first-order valence-electron chi connectivity index (χ1n) is 6.78. The molecule has 0 unspecified atom stereocenters. The third-order valence-corrected chi connectivity index (χ3v) is 4.26. The fourth-order valence-electron chi connectivity index (χ4n) is 2.14. The molecule has 0 bridgehead atoms. The van der Waals surface area contributed by atoms with E-state index >= 15 is 0 Å². The van der Waals surface area contributed by atoms with Crippen LogP contribution in [0, 0.1) is 13.8 Å². The second kappa shape index (κ2) is 5.81. The van der Waals surface area contributed by atoms with Crippen molar-refractivity contribution in [2.75, 3.05) is 25.6 Å². The monoisotopic (exact) mass is 303 g/mol. The number of rotatable bonds is 3. The lowest BCUT2D eigenvalue weighted by molar-refractivity contribution is 0.171. The number of aryl methyl sites for hydroxylation is 1. The molecule has 0 saturated heterocycles. The zero-order valence-corrected chi connectivity index (χ0v) is 13.1. The van der Waals surface area contributed by atoms with Crippen LogP contribution in [0.1, 0.15) is 11.4 Å². The Bertz CT molecular complexity index is 676. The third kappa shape index (κ3) is 2.90. The van der Waals surface area contributed by atoms with Gasteiger partial charge in [0, 0.05) is 17.5 Å². The molecule has 110 valence electrons. The molecule has 1 aromatic heterocycles. The van der Waals surface area contributed by atoms with Gasteiger partial charge >= 0.3 is 0 Å². The Labute approximate surface area is 128 Å². The van der Waals surface area contributed by atoms with Crippen LogP contribution < -0.4 is 14.8 Å². The van der Waals surface area contributed by atoms with Gasteiger partial charge in [0.2, 0.25) is 0 Å². The van der Waals surface area contributed by atoms with Crippen LogP contribution in [-0.2, 0) is 0 Å². The van der Waals surface area contributed by atoms with Crippen LogP contribution in [0.15, 0.2) is 28.1 Å². The summed E-state index contributed by atoms with van der Waals surface area (Å²) in [6, 6.07) is 5.96. The van der Waals surface area contributed by atoms with Crippen molar-refractivity contribution < 1.29 is 9.47 Å². The zero-order valence-electron chi connectivity index (χ0n) is 12.3. The third-order valence-electron chi connectivity index (χ3n) is 3.18. The minimum absolute atomic E-state index is 0.594. The lowest BCUT2D eigenvalue weighted by Gasteiger charge is -2.19. The smallest absolute Gasteiger partial charge is 0.162 e. The Morgan fingerprint density at radius 1 is 1.10 bits per heavy atom. The fraction of sp³-hybridized carbons (Fsp3) is 0.333. The summed E-state index contributed by atoms with van der Waals surface area (Å²) >= 11 is 1.60. The normalized spacial score (nSPS) is 13.1. The first-order valence-corrected chi connectivity index (χ1v) is 7.59. The molecule has 21 heavy (non-hydrogen) atoms. The number of hydrogen-bond acceptors (Lipinski definition) is 6. The molecule has 1 N–H and O–H groups in total. The van der Waals surface area contributed by atoms with Crippen LogP contribution >= 0.6 is 11.8 Å². The van der Waals surface area contributed by atoms with Crippen molar-refractivity contribution in [2.24, 2.45) is 0 Å². The predicted octanol–water partition coefficient (Wildman–Crippen LogP) is 3.06. The second-order valence-corrected chi connectivity index (χ2v) is 5.77. The Balaban J connectivity index is 1.91. The average Bonchev–Trinajstić information content (AvgIpc) is 2.50. The van der Waals surface area contributed by atoms with Gasteiger partial charge in [-0.05, 0) is 32.0 Å². The zero-order chi connectivity index (χ0) is 14.8. The van der Waals surface area contributed by atoms with E-state index in [1.54, 1.807) is 11.8 Å². The van der Waals surface area contributed by atoms with Crippen molar-refractivity contribution in [1.82, 2.24) is 9.97 Å². The molecule has 0 spiro atoms. The van der Waals surface area contributed by atoms with Crippen molar-refractivity contribution >= 4 is 17.6 Å². The van der Waals surface area contributed by atoms with Crippen LogP contribution in [0.5, 0.6) is 11.5 Å². The van der Waals surface area contributed by atoms with E-state index in [9.17, 15) is 0 Å². The quantitative estimate of drug-likeness (QED) is 0.880. The number of nitrogens with zero attached hydrogens (tertiary/aromatic N) is 2. The van der Waals surface area contributed by atoms with E-state index < -0.39 is 0 Å². The first-order chi connectivity index (χ1) is 10.2. The highest BCUT2D eigenvalue weighted by Gasteiger charge is 2.14. The molecule has 2 heterocycles. The molecule has 3 rings (SSSR count). The van der Waals surface area contributed by atoms with Crippen LogP contribution in [0.3, 0.4) is 0 Å². The molecular formula is C15H17N3O2S. The SMILES string of the molecule is CNc1nc(C)nc(Sc2ccc3c(c2)OCCO3)c1C. The molecule has 1 aliphatic rings. The predicted molar refractivity (Wildman–Crippen MR) is 82.6 cm³/mol. The van der Waals surface area contributed by atoms with E-state index in [0.717, 1.165) is 38.6 Å². The summed E-state index contributed by atoms with van der Waals surface area (Å²) in [4.78, 5) is 9.98.